The third-order valence-corrected chi connectivity index (χ3v) is 2.90. The smallest absolute Gasteiger partial charge is 0.260 e. The summed E-state index contributed by atoms with van der Waals surface area (Å²) in [4.78, 5) is 18.3. The second-order valence-corrected chi connectivity index (χ2v) is 4.77. The van der Waals surface area contributed by atoms with Crippen molar-refractivity contribution in [1.29, 1.82) is 5.26 Å². The van der Waals surface area contributed by atoms with Crippen molar-refractivity contribution in [2.45, 2.75) is 6.42 Å². The zero-order valence-corrected chi connectivity index (χ0v) is 13.6. The van der Waals surface area contributed by atoms with Crippen molar-refractivity contribution in [1.82, 2.24) is 15.4 Å². The number of nitriles is 1. The van der Waals surface area contributed by atoms with Crippen molar-refractivity contribution < 1.29 is 18.7 Å². The number of benzene rings is 1. The molecule has 10 heteroatoms. The molecular weight excluding hydrogens is 353 g/mol. The maximum absolute atomic E-state index is 13.7. The number of hydrogen-bond donors (Lipinski definition) is 1. The minimum absolute atomic E-state index is 0.156. The summed E-state index contributed by atoms with van der Waals surface area (Å²) in [6.45, 7) is 0. The van der Waals surface area contributed by atoms with E-state index in [2.05, 4.69) is 20.5 Å². The molecule has 0 fully saturated rings. The van der Waals surface area contributed by atoms with Gasteiger partial charge in [-0.1, -0.05) is 0 Å². The van der Waals surface area contributed by atoms with Crippen molar-refractivity contribution in [3.05, 3.63) is 41.1 Å². The standard InChI is InChI=1S/C15H11ClFN5O3/c1-24-11-3-2-9(7-20-22-13(23)4-5-18)6-12(11)25-14-10(17)8-19-15(16)21-14/h2-3,6-8H,4H2,1H3,(H,22,23). The van der Waals surface area contributed by atoms with Crippen LogP contribution in [0.15, 0.2) is 29.5 Å². The Morgan fingerprint density at radius 2 is 2.32 bits per heavy atom. The Morgan fingerprint density at radius 1 is 1.52 bits per heavy atom. The lowest BCUT2D eigenvalue weighted by Crippen LogP contribution is -2.16. The number of aromatic nitrogens is 2. The van der Waals surface area contributed by atoms with Crippen LogP contribution in [0.5, 0.6) is 17.4 Å². The van der Waals surface area contributed by atoms with Gasteiger partial charge in [0.15, 0.2) is 11.5 Å². The number of nitrogens with one attached hydrogen (secondary N) is 1. The van der Waals surface area contributed by atoms with Gasteiger partial charge in [-0.3, -0.25) is 4.79 Å². The van der Waals surface area contributed by atoms with Gasteiger partial charge in [-0.25, -0.2) is 10.4 Å². The summed E-state index contributed by atoms with van der Waals surface area (Å²) in [5, 5.41) is 11.9. The van der Waals surface area contributed by atoms with E-state index in [9.17, 15) is 9.18 Å². The molecule has 1 amide bonds. The van der Waals surface area contributed by atoms with Crippen LogP contribution in [0, 0.1) is 17.1 Å². The van der Waals surface area contributed by atoms with Gasteiger partial charge < -0.3 is 9.47 Å². The van der Waals surface area contributed by atoms with E-state index in [-0.39, 0.29) is 23.3 Å². The first kappa shape index (κ1) is 18.1. The molecular formula is C15H11ClFN5O3. The fourth-order valence-corrected chi connectivity index (χ4v) is 1.78. The van der Waals surface area contributed by atoms with Gasteiger partial charge in [0, 0.05) is 0 Å². The van der Waals surface area contributed by atoms with Gasteiger partial charge in [0.1, 0.15) is 6.42 Å². The maximum Gasteiger partial charge on any atom is 0.260 e. The van der Waals surface area contributed by atoms with Crippen LogP contribution in [-0.2, 0) is 4.79 Å². The summed E-state index contributed by atoms with van der Waals surface area (Å²) in [6.07, 6.45) is 1.90. The van der Waals surface area contributed by atoms with Gasteiger partial charge >= 0.3 is 0 Å². The Morgan fingerprint density at radius 3 is 3.04 bits per heavy atom. The van der Waals surface area contributed by atoms with Crippen LogP contribution >= 0.6 is 11.6 Å². The highest BCUT2D eigenvalue weighted by Crippen LogP contribution is 2.32. The Bertz CT molecular complexity index is 854. The van der Waals surface area contributed by atoms with Crippen molar-refractivity contribution in [3.63, 3.8) is 0 Å². The second-order valence-electron chi connectivity index (χ2n) is 4.43. The van der Waals surface area contributed by atoms with Crippen LogP contribution in [-0.4, -0.2) is 29.2 Å². The van der Waals surface area contributed by atoms with Crippen molar-refractivity contribution >= 4 is 23.7 Å². The SMILES string of the molecule is COc1ccc(C=NNC(=O)CC#N)cc1Oc1nc(Cl)ncc1F. The van der Waals surface area contributed by atoms with Crippen LogP contribution in [0.3, 0.4) is 0 Å². The van der Waals surface area contributed by atoms with Gasteiger partial charge in [0.2, 0.25) is 11.1 Å². The van der Waals surface area contributed by atoms with Crippen LogP contribution in [0.1, 0.15) is 12.0 Å². The zero-order valence-electron chi connectivity index (χ0n) is 12.9. The monoisotopic (exact) mass is 363 g/mol. The first-order chi connectivity index (χ1) is 12.0. The molecule has 0 aliphatic carbocycles. The molecule has 0 bridgehead atoms. The molecule has 0 saturated carbocycles. The summed E-state index contributed by atoms with van der Waals surface area (Å²) >= 11 is 5.63. The molecule has 0 aliphatic heterocycles. The molecule has 0 atom stereocenters. The molecule has 2 aromatic rings. The number of carbonyl (C=O) groups excluding carboxylic acids is 1. The largest absolute Gasteiger partial charge is 0.493 e. The molecule has 0 spiro atoms. The van der Waals surface area contributed by atoms with E-state index in [1.807, 2.05) is 0 Å². The van der Waals surface area contributed by atoms with Crippen molar-refractivity contribution in [2.24, 2.45) is 5.10 Å². The van der Waals surface area contributed by atoms with Crippen LogP contribution in [0.4, 0.5) is 4.39 Å². The lowest BCUT2D eigenvalue weighted by Gasteiger charge is -2.10. The van der Waals surface area contributed by atoms with E-state index in [0.29, 0.717) is 11.3 Å². The summed E-state index contributed by atoms with van der Waals surface area (Å²) in [6, 6.07) is 6.39. The number of halogens is 2. The predicted molar refractivity (Wildman–Crippen MR) is 86.0 cm³/mol. The Hall–Kier alpha value is -3.25. The summed E-state index contributed by atoms with van der Waals surface area (Å²) in [5.74, 6) is -1.23. The molecule has 128 valence electrons. The van der Waals surface area contributed by atoms with E-state index in [1.165, 1.54) is 19.4 Å². The minimum Gasteiger partial charge on any atom is -0.493 e. The molecule has 25 heavy (non-hydrogen) atoms. The van der Waals surface area contributed by atoms with Gasteiger partial charge in [-0.2, -0.15) is 19.7 Å². The van der Waals surface area contributed by atoms with Crippen LogP contribution < -0.4 is 14.9 Å². The molecule has 2 rings (SSSR count). The average molecular weight is 364 g/mol. The molecule has 1 N–H and O–H groups in total. The molecule has 0 unspecified atom stereocenters. The summed E-state index contributed by atoms with van der Waals surface area (Å²) in [5.41, 5.74) is 2.71. The topological polar surface area (TPSA) is 109 Å². The molecule has 8 nitrogen and oxygen atoms in total. The zero-order chi connectivity index (χ0) is 18.2. The molecule has 1 aromatic heterocycles. The summed E-state index contributed by atoms with van der Waals surface area (Å²) in [7, 11) is 1.42. The van der Waals surface area contributed by atoms with E-state index in [4.69, 9.17) is 26.3 Å². The van der Waals surface area contributed by atoms with E-state index >= 15 is 0 Å². The number of amides is 1. The fraction of sp³-hybridized carbons (Fsp3) is 0.133. The number of ether oxygens (including phenoxy) is 2. The number of methoxy groups -OCH3 is 1. The second kappa shape index (κ2) is 8.56. The third kappa shape index (κ3) is 5.12. The highest BCUT2D eigenvalue weighted by atomic mass is 35.5. The number of rotatable bonds is 6. The summed E-state index contributed by atoms with van der Waals surface area (Å²) < 4.78 is 24.2. The van der Waals surface area contributed by atoms with Crippen molar-refractivity contribution in [2.75, 3.05) is 7.11 Å². The fourth-order valence-electron chi connectivity index (χ4n) is 1.65. The number of hydrogen-bond acceptors (Lipinski definition) is 7. The van der Waals surface area contributed by atoms with Crippen molar-refractivity contribution in [3.8, 4) is 23.4 Å². The van der Waals surface area contributed by atoms with E-state index < -0.39 is 11.7 Å². The average Bonchev–Trinajstić information content (AvgIpc) is 2.59. The Kier molecular flexibility index (Phi) is 6.20. The van der Waals surface area contributed by atoms with Crippen LogP contribution in [0.2, 0.25) is 5.28 Å². The van der Waals surface area contributed by atoms with Gasteiger partial charge in [-0.05, 0) is 35.4 Å². The van der Waals surface area contributed by atoms with Gasteiger partial charge in [0.25, 0.3) is 11.8 Å². The van der Waals surface area contributed by atoms with Crippen LogP contribution in [0.25, 0.3) is 0 Å². The van der Waals surface area contributed by atoms with Gasteiger partial charge in [-0.15, -0.1) is 0 Å². The normalized spacial score (nSPS) is 10.3. The minimum atomic E-state index is -0.797. The molecule has 1 heterocycles. The highest BCUT2D eigenvalue weighted by Gasteiger charge is 2.12. The number of carbonyl (C=O) groups is 1. The van der Waals surface area contributed by atoms with E-state index in [0.717, 1.165) is 6.20 Å². The maximum atomic E-state index is 13.7. The van der Waals surface area contributed by atoms with E-state index in [1.54, 1.807) is 18.2 Å². The first-order valence-corrected chi connectivity index (χ1v) is 7.14. The lowest BCUT2D eigenvalue weighted by molar-refractivity contribution is -0.120. The first-order valence-electron chi connectivity index (χ1n) is 6.76. The highest BCUT2D eigenvalue weighted by molar-refractivity contribution is 6.28. The third-order valence-electron chi connectivity index (χ3n) is 2.72. The molecule has 1 aromatic carbocycles. The quantitative estimate of drug-likeness (QED) is 0.479. The number of nitrogens with zero attached hydrogens (tertiary/aromatic N) is 4. The Labute approximate surface area is 146 Å². The molecule has 0 aliphatic rings. The van der Waals surface area contributed by atoms with Gasteiger partial charge in [0.05, 0.1) is 25.6 Å². The molecule has 0 radical (unpaired) electrons. The number of hydrazone groups is 1. The predicted octanol–water partition coefficient (Wildman–Crippen LogP) is 2.43. The Balaban J connectivity index is 2.22. The molecule has 0 saturated heterocycles. The lowest BCUT2D eigenvalue weighted by atomic mass is 10.2.